The minimum absolute atomic E-state index is 0.0752. The number of thiazole rings is 1. The number of nitrogens with two attached hydrogens (primary N) is 1. The summed E-state index contributed by atoms with van der Waals surface area (Å²) in [7, 11) is 0. The van der Waals surface area contributed by atoms with Gasteiger partial charge in [0.05, 0.1) is 15.8 Å². The average molecular weight is 446 g/mol. The molecule has 6 nitrogen and oxygen atoms in total. The highest BCUT2D eigenvalue weighted by atomic mass is 32.1. The quantitative estimate of drug-likeness (QED) is 0.411. The number of hydrogen-bond donors (Lipinski definition) is 2. The largest absolute Gasteiger partial charge is 0.383 e. The Hall–Kier alpha value is -3.29. The van der Waals surface area contributed by atoms with Gasteiger partial charge in [-0.05, 0) is 49.0 Å². The van der Waals surface area contributed by atoms with Gasteiger partial charge in [0.25, 0.3) is 5.91 Å². The van der Waals surface area contributed by atoms with E-state index in [1.165, 1.54) is 0 Å². The van der Waals surface area contributed by atoms with Crippen molar-refractivity contribution in [2.24, 2.45) is 0 Å². The zero-order valence-electron chi connectivity index (χ0n) is 18.3. The number of para-hydroxylation sites is 1. The number of fused-ring (bicyclic) bond motifs is 1. The molecule has 0 bridgehead atoms. The monoisotopic (exact) mass is 445 g/mol. The minimum atomic E-state index is -0.0752. The molecule has 0 aliphatic rings. The molecular formula is C25H27N5OS. The fraction of sp³-hybridized carbons (Fsp3) is 0.240. The van der Waals surface area contributed by atoms with Gasteiger partial charge in [0.1, 0.15) is 10.8 Å². The molecular weight excluding hydrogens is 418 g/mol. The molecule has 164 valence electrons. The third-order valence-electron chi connectivity index (χ3n) is 5.51. The fourth-order valence-corrected chi connectivity index (χ4v) is 4.59. The third-order valence-corrected chi connectivity index (χ3v) is 6.58. The molecule has 0 aliphatic carbocycles. The lowest BCUT2D eigenvalue weighted by atomic mass is 10.0. The van der Waals surface area contributed by atoms with E-state index in [0.29, 0.717) is 17.9 Å². The van der Waals surface area contributed by atoms with Crippen LogP contribution >= 0.6 is 11.3 Å². The summed E-state index contributed by atoms with van der Waals surface area (Å²) in [5.41, 5.74) is 10.4. The van der Waals surface area contributed by atoms with Crippen LogP contribution in [0.1, 0.15) is 24.2 Å². The van der Waals surface area contributed by atoms with Gasteiger partial charge in [0.2, 0.25) is 0 Å². The summed E-state index contributed by atoms with van der Waals surface area (Å²) < 4.78 is 1.11. The number of rotatable bonds is 8. The van der Waals surface area contributed by atoms with Gasteiger partial charge in [-0.3, -0.25) is 4.79 Å². The first kappa shape index (κ1) is 21.9. The van der Waals surface area contributed by atoms with Gasteiger partial charge in [-0.2, -0.15) is 0 Å². The summed E-state index contributed by atoms with van der Waals surface area (Å²) in [6.07, 6.45) is 1.74. The Morgan fingerprint density at radius 1 is 1.06 bits per heavy atom. The van der Waals surface area contributed by atoms with E-state index in [9.17, 15) is 4.79 Å². The lowest BCUT2D eigenvalue weighted by Gasteiger charge is -2.18. The molecule has 0 saturated heterocycles. The van der Waals surface area contributed by atoms with E-state index in [0.717, 1.165) is 51.5 Å². The summed E-state index contributed by atoms with van der Waals surface area (Å²) in [4.78, 5) is 24.1. The van der Waals surface area contributed by atoms with Crippen molar-refractivity contribution >= 4 is 33.3 Å². The first-order valence-electron chi connectivity index (χ1n) is 10.8. The Labute approximate surface area is 192 Å². The molecule has 32 heavy (non-hydrogen) atoms. The van der Waals surface area contributed by atoms with Crippen LogP contribution < -0.4 is 11.1 Å². The number of nitrogens with zero attached hydrogens (tertiary/aromatic N) is 3. The smallest absolute Gasteiger partial charge is 0.251 e. The highest BCUT2D eigenvalue weighted by Crippen LogP contribution is 2.35. The molecule has 0 fully saturated rings. The predicted octanol–water partition coefficient (Wildman–Crippen LogP) is 4.68. The van der Waals surface area contributed by atoms with Gasteiger partial charge in [0, 0.05) is 30.4 Å². The Morgan fingerprint density at radius 2 is 1.88 bits per heavy atom. The first-order valence-corrected chi connectivity index (χ1v) is 11.6. The maximum atomic E-state index is 12.7. The maximum absolute atomic E-state index is 12.7. The van der Waals surface area contributed by atoms with Crippen LogP contribution in [-0.2, 0) is 0 Å². The lowest BCUT2D eigenvalue weighted by molar-refractivity contribution is 0.0949. The normalized spacial score (nSPS) is 11.2. The lowest BCUT2D eigenvalue weighted by Crippen LogP contribution is -2.34. The number of hydrogen-bond acceptors (Lipinski definition) is 6. The van der Waals surface area contributed by atoms with Crippen molar-refractivity contribution in [2.45, 2.75) is 13.8 Å². The van der Waals surface area contributed by atoms with Gasteiger partial charge >= 0.3 is 0 Å². The van der Waals surface area contributed by atoms with Gasteiger partial charge < -0.3 is 16.0 Å². The average Bonchev–Trinajstić information content (AvgIpc) is 3.26. The number of aromatic nitrogens is 2. The highest BCUT2D eigenvalue weighted by Gasteiger charge is 2.13. The van der Waals surface area contributed by atoms with Crippen LogP contribution in [0.5, 0.6) is 0 Å². The fourth-order valence-electron chi connectivity index (χ4n) is 3.60. The van der Waals surface area contributed by atoms with Crippen molar-refractivity contribution in [1.29, 1.82) is 0 Å². The van der Waals surface area contributed by atoms with E-state index in [1.54, 1.807) is 17.5 Å². The first-order chi connectivity index (χ1) is 15.6. The van der Waals surface area contributed by atoms with E-state index in [2.05, 4.69) is 29.0 Å². The van der Waals surface area contributed by atoms with E-state index < -0.39 is 0 Å². The Balaban J connectivity index is 1.56. The van der Waals surface area contributed by atoms with Crippen molar-refractivity contribution < 1.29 is 4.79 Å². The molecule has 2 heterocycles. The number of amides is 1. The van der Waals surface area contributed by atoms with Crippen molar-refractivity contribution in [3.8, 4) is 21.7 Å². The molecule has 7 heteroatoms. The predicted molar refractivity (Wildman–Crippen MR) is 133 cm³/mol. The van der Waals surface area contributed by atoms with Crippen LogP contribution in [0.3, 0.4) is 0 Å². The maximum Gasteiger partial charge on any atom is 0.251 e. The zero-order chi connectivity index (χ0) is 22.5. The molecule has 0 atom stereocenters. The van der Waals surface area contributed by atoms with E-state index >= 15 is 0 Å². The van der Waals surface area contributed by atoms with Gasteiger partial charge in [0.15, 0.2) is 0 Å². The summed E-state index contributed by atoms with van der Waals surface area (Å²) in [5.74, 6) is 0.368. The number of likely N-dealkylation sites (N-methyl/N-ethyl adjacent to an activating group) is 1. The molecule has 0 saturated carbocycles. The van der Waals surface area contributed by atoms with Crippen LogP contribution in [-0.4, -0.2) is 47.0 Å². The number of benzene rings is 2. The molecule has 4 aromatic rings. The number of anilines is 1. The summed E-state index contributed by atoms with van der Waals surface area (Å²) in [6.45, 7) is 7.66. The van der Waals surface area contributed by atoms with Crippen LogP contribution in [0.2, 0.25) is 0 Å². The Kier molecular flexibility index (Phi) is 6.78. The SMILES string of the molecule is CCN(CC)CCNC(=O)c1cccc(-c2cnc(N)c(-c3nc4ccccc4s3)c2)c1. The molecule has 0 radical (unpaired) electrons. The minimum Gasteiger partial charge on any atom is -0.383 e. The number of nitrogen functional groups attached to an aromatic ring is 1. The summed E-state index contributed by atoms with van der Waals surface area (Å²) >= 11 is 1.59. The van der Waals surface area contributed by atoms with Gasteiger partial charge in [-0.1, -0.05) is 38.1 Å². The molecule has 0 aliphatic heterocycles. The van der Waals surface area contributed by atoms with Crippen LogP contribution in [0.4, 0.5) is 5.82 Å². The van der Waals surface area contributed by atoms with E-state index in [1.807, 2.05) is 54.6 Å². The molecule has 4 rings (SSSR count). The second kappa shape index (κ2) is 9.89. The molecule has 1 amide bonds. The Bertz CT molecular complexity index is 1200. The molecule has 2 aromatic carbocycles. The van der Waals surface area contributed by atoms with Crippen molar-refractivity contribution in [3.05, 3.63) is 66.4 Å². The van der Waals surface area contributed by atoms with Crippen molar-refractivity contribution in [1.82, 2.24) is 20.2 Å². The second-order valence-corrected chi connectivity index (χ2v) is 8.54. The number of carbonyl (C=O) groups is 1. The number of carbonyl (C=O) groups excluding carboxylic acids is 1. The van der Waals surface area contributed by atoms with E-state index in [-0.39, 0.29) is 5.91 Å². The molecule has 2 aromatic heterocycles. The van der Waals surface area contributed by atoms with Crippen LogP contribution in [0.25, 0.3) is 31.9 Å². The summed E-state index contributed by atoms with van der Waals surface area (Å²) in [6, 6.07) is 17.6. The zero-order valence-corrected chi connectivity index (χ0v) is 19.2. The van der Waals surface area contributed by atoms with Crippen LogP contribution in [0, 0.1) is 0 Å². The van der Waals surface area contributed by atoms with E-state index in [4.69, 9.17) is 10.7 Å². The molecule has 0 unspecified atom stereocenters. The molecule has 3 N–H and O–H groups in total. The molecule has 0 spiro atoms. The highest BCUT2D eigenvalue weighted by molar-refractivity contribution is 7.21. The van der Waals surface area contributed by atoms with Gasteiger partial charge in [-0.25, -0.2) is 9.97 Å². The summed E-state index contributed by atoms with van der Waals surface area (Å²) in [5, 5.41) is 3.85. The van der Waals surface area contributed by atoms with Crippen molar-refractivity contribution in [3.63, 3.8) is 0 Å². The van der Waals surface area contributed by atoms with Gasteiger partial charge in [-0.15, -0.1) is 11.3 Å². The third kappa shape index (κ3) is 4.79. The number of pyridine rings is 1. The topological polar surface area (TPSA) is 84.1 Å². The standard InChI is InChI=1S/C25H27N5OS/c1-3-30(4-2)13-12-27-24(31)18-9-7-8-17(14-18)19-15-20(23(26)28-16-19)25-29-21-10-5-6-11-22(21)32-25/h5-11,14-16H,3-4,12-13H2,1-2H3,(H2,26,28)(H,27,31). The Morgan fingerprint density at radius 3 is 2.66 bits per heavy atom. The van der Waals surface area contributed by atoms with Crippen LogP contribution in [0.15, 0.2) is 60.8 Å². The number of nitrogens with one attached hydrogen (secondary N) is 1. The van der Waals surface area contributed by atoms with Crippen molar-refractivity contribution in [2.75, 3.05) is 31.9 Å². The second-order valence-electron chi connectivity index (χ2n) is 7.51.